The molecule has 0 amide bonds. The predicted molar refractivity (Wildman–Crippen MR) is 189 cm³/mol. The Labute approximate surface area is 291 Å². The molecule has 0 fully saturated rings. The molecule has 3 aromatic carbocycles. The van der Waals surface area contributed by atoms with Gasteiger partial charge in [-0.05, 0) is 60.5 Å². The Morgan fingerprint density at radius 3 is 2.67 bits per heavy atom. The number of hydrogen-bond acceptors (Lipinski definition) is 9. The summed E-state index contributed by atoms with van der Waals surface area (Å²) in [6.45, 7) is 2.49. The maximum absolute atomic E-state index is 15.5. The van der Waals surface area contributed by atoms with Crippen LogP contribution in [0, 0.1) is 11.6 Å². The van der Waals surface area contributed by atoms with E-state index in [-0.39, 0.29) is 24.0 Å². The molecule has 250 valence electrons. The summed E-state index contributed by atoms with van der Waals surface area (Å²) in [6, 6.07) is 19.5. The Hall–Kier alpha value is -4.82. The van der Waals surface area contributed by atoms with E-state index in [0.717, 1.165) is 5.69 Å². The fourth-order valence-electron chi connectivity index (χ4n) is 5.29. The Bertz CT molecular complexity index is 2230. The summed E-state index contributed by atoms with van der Waals surface area (Å²) in [7, 11) is -2.43. The molecule has 0 saturated carbocycles. The number of thiazole rings is 1. The zero-order chi connectivity index (χ0) is 34.3. The third-order valence-corrected chi connectivity index (χ3v) is 9.33. The van der Waals surface area contributed by atoms with Gasteiger partial charge in [0.05, 0.1) is 22.3 Å². The van der Waals surface area contributed by atoms with E-state index in [1.807, 2.05) is 25.1 Å². The molecule has 0 bridgehead atoms. The van der Waals surface area contributed by atoms with Crippen LogP contribution in [0.3, 0.4) is 0 Å². The average molecular weight is 719 g/mol. The summed E-state index contributed by atoms with van der Waals surface area (Å²) < 4.78 is 58.3. The first-order valence-corrected chi connectivity index (χ1v) is 17.6. The molecular formula is C35H29ClF2N6O3S2. The zero-order valence-electron chi connectivity index (χ0n) is 26.1. The minimum Gasteiger partial charge on any atom is -0.487 e. The summed E-state index contributed by atoms with van der Waals surface area (Å²) in [5.74, 6) is -0.0120. The van der Waals surface area contributed by atoms with Gasteiger partial charge in [0, 0.05) is 52.9 Å². The smallest absolute Gasteiger partial charge is 0.225 e. The molecule has 0 saturated heterocycles. The van der Waals surface area contributed by atoms with Crippen LogP contribution < -0.4 is 10.1 Å². The molecule has 1 unspecified atom stereocenters. The fraction of sp³-hybridized carbons (Fsp3) is 0.171. The number of hydrogen-bond donors (Lipinski definition) is 1. The Balaban J connectivity index is 1.24. The van der Waals surface area contributed by atoms with E-state index >= 15 is 4.39 Å². The van der Waals surface area contributed by atoms with Gasteiger partial charge in [-0.3, -0.25) is 9.88 Å². The third kappa shape index (κ3) is 8.43. The van der Waals surface area contributed by atoms with E-state index in [4.69, 9.17) is 21.3 Å². The SMILES string of the molecule is CCC(c1nc(-c2cc3c(Nc4ccc(OCc5cccc(F)c5)c(Cl)c4)ncnc3cc2F)cs1)N(C=S(=O)=O)CCc1ccccn1. The summed E-state index contributed by atoms with van der Waals surface area (Å²) in [6.07, 6.45) is 4.14. The molecule has 0 aliphatic heterocycles. The normalized spacial score (nSPS) is 11.9. The molecule has 3 heterocycles. The van der Waals surface area contributed by atoms with Gasteiger partial charge in [0.2, 0.25) is 10.3 Å². The van der Waals surface area contributed by atoms with Gasteiger partial charge >= 0.3 is 0 Å². The van der Waals surface area contributed by atoms with Gasteiger partial charge < -0.3 is 10.1 Å². The summed E-state index contributed by atoms with van der Waals surface area (Å²) in [5, 5.41) is 6.52. The molecule has 49 heavy (non-hydrogen) atoms. The van der Waals surface area contributed by atoms with Crippen LogP contribution in [-0.2, 0) is 23.3 Å². The monoisotopic (exact) mass is 718 g/mol. The lowest BCUT2D eigenvalue weighted by Gasteiger charge is -2.24. The van der Waals surface area contributed by atoms with Crippen LogP contribution in [0.2, 0.25) is 5.02 Å². The van der Waals surface area contributed by atoms with E-state index in [0.29, 0.717) is 68.8 Å². The van der Waals surface area contributed by atoms with Crippen LogP contribution in [0.5, 0.6) is 5.75 Å². The number of pyridine rings is 1. The third-order valence-electron chi connectivity index (χ3n) is 7.65. The second-order valence-electron chi connectivity index (χ2n) is 10.9. The highest BCUT2D eigenvalue weighted by molar-refractivity contribution is 7.71. The van der Waals surface area contributed by atoms with Crippen molar-refractivity contribution in [3.05, 3.63) is 124 Å². The van der Waals surface area contributed by atoms with Crippen molar-refractivity contribution < 1.29 is 21.9 Å². The zero-order valence-corrected chi connectivity index (χ0v) is 28.4. The quantitative estimate of drug-likeness (QED) is 0.119. The molecule has 0 aliphatic carbocycles. The van der Waals surface area contributed by atoms with Crippen molar-refractivity contribution >= 4 is 61.1 Å². The molecule has 1 N–H and O–H groups in total. The van der Waals surface area contributed by atoms with E-state index in [1.165, 1.54) is 41.4 Å². The van der Waals surface area contributed by atoms with Crippen molar-refractivity contribution in [3.63, 3.8) is 0 Å². The van der Waals surface area contributed by atoms with Crippen molar-refractivity contribution in [2.24, 2.45) is 0 Å². The molecule has 6 rings (SSSR count). The molecule has 0 aliphatic rings. The number of ether oxygens (including phenoxy) is 1. The Morgan fingerprint density at radius 1 is 1.04 bits per heavy atom. The van der Waals surface area contributed by atoms with Crippen LogP contribution in [0.4, 0.5) is 20.3 Å². The summed E-state index contributed by atoms with van der Waals surface area (Å²) in [5.41, 5.74) is 4.32. The van der Waals surface area contributed by atoms with E-state index < -0.39 is 16.1 Å². The number of anilines is 2. The van der Waals surface area contributed by atoms with Crippen LogP contribution in [-0.4, -0.2) is 45.3 Å². The fourth-order valence-corrected chi connectivity index (χ4v) is 7.02. The predicted octanol–water partition coefficient (Wildman–Crippen LogP) is 8.04. The standard InChI is InChI=1S/C35H29ClF2N6O3S2/c1-2-32(44(21-49(45)46)13-11-24-8-3-4-12-39-24)35-43-31(19-48-35)26-16-27-30(17-29(26)38)40-20-41-34(27)42-25-9-10-33(28(36)15-25)47-18-22-6-5-7-23(37)14-22/h3-10,12,14-17,19-21,32H,2,11,13,18H2,1H3,(H,40,41,42). The average Bonchev–Trinajstić information content (AvgIpc) is 3.57. The first-order chi connectivity index (χ1) is 23.8. The molecule has 14 heteroatoms. The molecule has 3 aromatic heterocycles. The van der Waals surface area contributed by atoms with Crippen molar-refractivity contribution in [2.45, 2.75) is 32.4 Å². The minimum absolute atomic E-state index is 0.145. The van der Waals surface area contributed by atoms with Crippen molar-refractivity contribution in [2.75, 3.05) is 11.9 Å². The van der Waals surface area contributed by atoms with Gasteiger partial charge in [0.1, 0.15) is 46.6 Å². The van der Waals surface area contributed by atoms with Crippen LogP contribution in [0.1, 0.15) is 35.7 Å². The van der Waals surface area contributed by atoms with Crippen molar-refractivity contribution in [1.29, 1.82) is 0 Å². The van der Waals surface area contributed by atoms with Crippen molar-refractivity contribution in [3.8, 4) is 17.0 Å². The largest absolute Gasteiger partial charge is 0.487 e. The van der Waals surface area contributed by atoms with Crippen LogP contribution in [0.25, 0.3) is 22.2 Å². The summed E-state index contributed by atoms with van der Waals surface area (Å²) in [4.78, 5) is 19.5. The molecule has 1 atom stereocenters. The van der Waals surface area contributed by atoms with E-state index in [9.17, 15) is 12.8 Å². The molecule has 0 radical (unpaired) electrons. The molecule has 0 spiro atoms. The van der Waals surface area contributed by atoms with Crippen LogP contribution >= 0.6 is 22.9 Å². The Kier molecular flexibility index (Phi) is 10.8. The van der Waals surface area contributed by atoms with Gasteiger partial charge in [-0.2, -0.15) is 8.42 Å². The van der Waals surface area contributed by atoms with E-state index in [1.54, 1.807) is 52.9 Å². The maximum Gasteiger partial charge on any atom is 0.225 e. The van der Waals surface area contributed by atoms with Gasteiger partial charge in [0.25, 0.3) is 0 Å². The maximum atomic E-state index is 15.5. The molecular weight excluding hydrogens is 690 g/mol. The number of nitrogens with zero attached hydrogens (tertiary/aromatic N) is 5. The van der Waals surface area contributed by atoms with Crippen molar-refractivity contribution in [1.82, 2.24) is 24.8 Å². The molecule has 6 aromatic rings. The minimum atomic E-state index is -2.43. The van der Waals surface area contributed by atoms with Gasteiger partial charge in [-0.15, -0.1) is 11.3 Å². The second-order valence-corrected chi connectivity index (χ2v) is 13.0. The summed E-state index contributed by atoms with van der Waals surface area (Å²) >= 11 is 7.84. The lowest BCUT2D eigenvalue weighted by atomic mass is 10.1. The number of benzene rings is 3. The highest BCUT2D eigenvalue weighted by Gasteiger charge is 2.23. The number of halogens is 3. The van der Waals surface area contributed by atoms with Gasteiger partial charge in [-0.1, -0.05) is 36.7 Å². The topological polar surface area (TPSA) is 110 Å². The lowest BCUT2D eigenvalue weighted by Crippen LogP contribution is -2.30. The Morgan fingerprint density at radius 2 is 1.92 bits per heavy atom. The number of fused-ring (bicyclic) bond motifs is 1. The highest BCUT2D eigenvalue weighted by atomic mass is 35.5. The van der Waals surface area contributed by atoms with E-state index in [2.05, 4.69) is 20.3 Å². The molecule has 9 nitrogen and oxygen atoms in total. The second kappa shape index (κ2) is 15.6. The van der Waals surface area contributed by atoms with Gasteiger partial charge in [-0.25, -0.2) is 23.7 Å². The highest BCUT2D eigenvalue weighted by Crippen LogP contribution is 2.35. The van der Waals surface area contributed by atoms with Gasteiger partial charge in [0.15, 0.2) is 0 Å². The first-order valence-electron chi connectivity index (χ1n) is 15.2. The number of nitrogens with one attached hydrogen (secondary N) is 1. The number of rotatable bonds is 13. The van der Waals surface area contributed by atoms with Crippen LogP contribution in [0.15, 0.2) is 90.7 Å². The lowest BCUT2D eigenvalue weighted by molar-refractivity contribution is 0.306. The first kappa shape index (κ1) is 34.1. The number of aromatic nitrogens is 4.